The van der Waals surface area contributed by atoms with Crippen LogP contribution in [0, 0.1) is 0 Å². The number of ether oxygens (including phenoxy) is 2. The normalized spacial score (nSPS) is 15.7. The number of carbonyl (C=O) groups excluding carboxylic acids is 2. The summed E-state index contributed by atoms with van der Waals surface area (Å²) < 4.78 is 12.9. The van der Waals surface area contributed by atoms with Crippen molar-refractivity contribution in [1.29, 1.82) is 0 Å². The fourth-order valence-corrected chi connectivity index (χ4v) is 5.06. The number of esters is 1. The van der Waals surface area contributed by atoms with Gasteiger partial charge in [-0.15, -0.1) is 0 Å². The van der Waals surface area contributed by atoms with Crippen LogP contribution >= 0.6 is 23.2 Å². The van der Waals surface area contributed by atoms with Gasteiger partial charge in [0.15, 0.2) is 17.0 Å². The molecular formula is C29H30Cl2N6O4. The van der Waals surface area contributed by atoms with E-state index in [2.05, 4.69) is 9.97 Å². The fourth-order valence-electron chi connectivity index (χ4n) is 4.72. The summed E-state index contributed by atoms with van der Waals surface area (Å²) in [4.78, 5) is 43.6. The van der Waals surface area contributed by atoms with Crippen LogP contribution in [-0.4, -0.2) is 74.4 Å². The second kappa shape index (κ2) is 11.5. The van der Waals surface area contributed by atoms with Gasteiger partial charge in [-0.1, -0.05) is 35.3 Å². The molecule has 5 rings (SSSR count). The average molecular weight is 598 g/mol. The highest BCUT2D eigenvalue weighted by Gasteiger charge is 2.39. The van der Waals surface area contributed by atoms with E-state index < -0.39 is 23.7 Å². The Hall–Kier alpha value is -3.89. The Morgan fingerprint density at radius 2 is 1.76 bits per heavy atom. The van der Waals surface area contributed by atoms with Crippen LogP contribution in [-0.2, 0) is 14.3 Å². The number of aromatic nitrogens is 4. The third kappa shape index (κ3) is 5.94. The van der Waals surface area contributed by atoms with Gasteiger partial charge in [0.05, 0.1) is 18.2 Å². The molecule has 1 amide bonds. The van der Waals surface area contributed by atoms with E-state index in [-0.39, 0.29) is 13.2 Å². The molecular weight excluding hydrogens is 567 g/mol. The van der Waals surface area contributed by atoms with Crippen LogP contribution in [0.5, 0.6) is 0 Å². The second-order valence-corrected chi connectivity index (χ2v) is 11.3. The van der Waals surface area contributed by atoms with Gasteiger partial charge in [-0.25, -0.2) is 24.5 Å². The lowest BCUT2D eigenvalue weighted by molar-refractivity contribution is -0.145. The summed E-state index contributed by atoms with van der Waals surface area (Å²) in [6.07, 6.45) is 0.942. The number of benzene rings is 2. The molecule has 0 N–H and O–H groups in total. The largest absolute Gasteiger partial charge is 0.464 e. The molecule has 1 unspecified atom stereocenters. The first kappa shape index (κ1) is 28.6. The summed E-state index contributed by atoms with van der Waals surface area (Å²) in [5.74, 6) is 0.517. The van der Waals surface area contributed by atoms with Crippen molar-refractivity contribution in [3.63, 3.8) is 0 Å². The molecule has 2 aromatic carbocycles. The molecule has 4 aromatic rings. The Labute approximate surface area is 247 Å². The SMILES string of the molecule is CCOC(=O)C1CN(C(=O)OC(C)(C)C)CCN1c1ncnc2c1nc(-c1ccccc1Cl)n2-c1ccc(Cl)cc1. The zero-order valence-electron chi connectivity index (χ0n) is 23.2. The van der Waals surface area contributed by atoms with E-state index in [0.717, 1.165) is 5.69 Å². The quantitative estimate of drug-likeness (QED) is 0.267. The number of anilines is 1. The summed E-state index contributed by atoms with van der Waals surface area (Å²) in [5.41, 5.74) is 1.79. The molecule has 1 aliphatic heterocycles. The van der Waals surface area contributed by atoms with Crippen molar-refractivity contribution in [2.24, 2.45) is 0 Å². The molecule has 0 bridgehead atoms. The van der Waals surface area contributed by atoms with Gasteiger partial charge in [0.25, 0.3) is 0 Å². The highest BCUT2D eigenvalue weighted by atomic mass is 35.5. The lowest BCUT2D eigenvalue weighted by Gasteiger charge is -2.40. The molecule has 1 atom stereocenters. The van der Waals surface area contributed by atoms with E-state index in [1.54, 1.807) is 45.9 Å². The van der Waals surface area contributed by atoms with Crippen LogP contribution in [0.2, 0.25) is 10.0 Å². The van der Waals surface area contributed by atoms with Crippen LogP contribution in [0.1, 0.15) is 27.7 Å². The van der Waals surface area contributed by atoms with Crippen molar-refractivity contribution in [3.8, 4) is 17.1 Å². The van der Waals surface area contributed by atoms with E-state index in [1.807, 2.05) is 39.8 Å². The highest BCUT2D eigenvalue weighted by molar-refractivity contribution is 6.33. The van der Waals surface area contributed by atoms with Gasteiger partial charge in [0.2, 0.25) is 0 Å². The van der Waals surface area contributed by atoms with E-state index >= 15 is 0 Å². The van der Waals surface area contributed by atoms with Gasteiger partial charge in [0.1, 0.15) is 23.8 Å². The van der Waals surface area contributed by atoms with Gasteiger partial charge >= 0.3 is 12.1 Å². The molecule has 1 aliphatic rings. The second-order valence-electron chi connectivity index (χ2n) is 10.5. The summed E-state index contributed by atoms with van der Waals surface area (Å²) in [7, 11) is 0. The number of hydrogen-bond donors (Lipinski definition) is 0. The molecule has 1 fully saturated rings. The van der Waals surface area contributed by atoms with Crippen molar-refractivity contribution in [2.75, 3.05) is 31.1 Å². The van der Waals surface area contributed by atoms with Gasteiger partial charge in [-0.2, -0.15) is 0 Å². The lowest BCUT2D eigenvalue weighted by Crippen LogP contribution is -2.59. The molecule has 214 valence electrons. The smallest absolute Gasteiger partial charge is 0.410 e. The molecule has 0 radical (unpaired) electrons. The Morgan fingerprint density at radius 3 is 2.44 bits per heavy atom. The number of hydrogen-bond acceptors (Lipinski definition) is 8. The van der Waals surface area contributed by atoms with Gasteiger partial charge in [-0.3, -0.25) is 4.57 Å². The maximum Gasteiger partial charge on any atom is 0.410 e. The summed E-state index contributed by atoms with van der Waals surface area (Å²) >= 11 is 12.8. The fraction of sp³-hybridized carbons (Fsp3) is 0.345. The molecule has 10 nitrogen and oxygen atoms in total. The number of amides is 1. The molecule has 3 heterocycles. The summed E-state index contributed by atoms with van der Waals surface area (Å²) in [6, 6.07) is 13.9. The first-order valence-electron chi connectivity index (χ1n) is 13.2. The molecule has 0 spiro atoms. The van der Waals surface area contributed by atoms with E-state index in [4.69, 9.17) is 37.7 Å². The molecule has 12 heteroatoms. The summed E-state index contributed by atoms with van der Waals surface area (Å²) in [6.45, 7) is 8.00. The zero-order chi connectivity index (χ0) is 29.3. The molecule has 41 heavy (non-hydrogen) atoms. The first-order valence-corrected chi connectivity index (χ1v) is 14.0. The topological polar surface area (TPSA) is 103 Å². The Morgan fingerprint density at radius 1 is 1.02 bits per heavy atom. The van der Waals surface area contributed by atoms with Crippen LogP contribution in [0.15, 0.2) is 54.9 Å². The summed E-state index contributed by atoms with van der Waals surface area (Å²) in [5, 5.41) is 1.11. The Bertz CT molecular complexity index is 1580. The Balaban J connectivity index is 1.63. The monoisotopic (exact) mass is 596 g/mol. The third-order valence-corrected chi connectivity index (χ3v) is 7.07. The number of nitrogens with zero attached hydrogens (tertiary/aromatic N) is 6. The predicted octanol–water partition coefficient (Wildman–Crippen LogP) is 5.78. The third-order valence-electron chi connectivity index (χ3n) is 6.49. The average Bonchev–Trinajstić information content (AvgIpc) is 3.32. The van der Waals surface area contributed by atoms with E-state index in [9.17, 15) is 9.59 Å². The van der Waals surface area contributed by atoms with E-state index in [1.165, 1.54) is 11.2 Å². The van der Waals surface area contributed by atoms with Gasteiger partial charge in [0, 0.05) is 29.4 Å². The molecule has 0 saturated carbocycles. The molecule has 0 aliphatic carbocycles. The van der Waals surface area contributed by atoms with Crippen LogP contribution < -0.4 is 4.90 Å². The minimum Gasteiger partial charge on any atom is -0.464 e. The number of fused-ring (bicyclic) bond motifs is 1. The van der Waals surface area contributed by atoms with Crippen LogP contribution in [0.25, 0.3) is 28.2 Å². The number of halogens is 2. The van der Waals surface area contributed by atoms with Crippen molar-refractivity contribution < 1.29 is 19.1 Å². The standard InChI is InChI=1S/C29H30Cl2N6O4/c1-5-40-27(38)22-16-35(28(39)41-29(2,3)4)14-15-36(22)25-23-26(33-17-32-25)37(19-12-10-18(30)11-13-19)24(34-23)20-8-6-7-9-21(20)31/h6-13,17,22H,5,14-16H2,1-4H3. The van der Waals surface area contributed by atoms with E-state index in [0.29, 0.717) is 51.5 Å². The molecule has 1 saturated heterocycles. The number of piperazine rings is 1. The van der Waals surface area contributed by atoms with Crippen molar-refractivity contribution in [2.45, 2.75) is 39.3 Å². The number of imidazole rings is 1. The minimum absolute atomic E-state index is 0.0640. The molecule has 2 aromatic heterocycles. The maximum absolute atomic E-state index is 13.2. The maximum atomic E-state index is 13.2. The van der Waals surface area contributed by atoms with Gasteiger partial charge < -0.3 is 19.3 Å². The predicted molar refractivity (Wildman–Crippen MR) is 158 cm³/mol. The number of carbonyl (C=O) groups is 2. The lowest BCUT2D eigenvalue weighted by atomic mass is 10.1. The highest BCUT2D eigenvalue weighted by Crippen LogP contribution is 2.35. The van der Waals surface area contributed by atoms with Gasteiger partial charge in [-0.05, 0) is 64.1 Å². The number of rotatable bonds is 5. The zero-order valence-corrected chi connectivity index (χ0v) is 24.7. The minimum atomic E-state index is -0.834. The van der Waals surface area contributed by atoms with Crippen molar-refractivity contribution in [3.05, 3.63) is 64.9 Å². The van der Waals surface area contributed by atoms with Crippen LogP contribution in [0.3, 0.4) is 0 Å². The van der Waals surface area contributed by atoms with Crippen molar-refractivity contribution >= 4 is 52.2 Å². The Kier molecular flexibility index (Phi) is 8.06. The first-order chi connectivity index (χ1) is 19.6. The van der Waals surface area contributed by atoms with Crippen LogP contribution in [0.4, 0.5) is 10.6 Å². The van der Waals surface area contributed by atoms with Crippen molar-refractivity contribution in [1.82, 2.24) is 24.4 Å².